The van der Waals surface area contributed by atoms with Crippen molar-refractivity contribution in [2.75, 3.05) is 29.9 Å². The van der Waals surface area contributed by atoms with Gasteiger partial charge in [0, 0.05) is 48.4 Å². The van der Waals surface area contributed by atoms with Gasteiger partial charge in [0.15, 0.2) is 0 Å². The third kappa shape index (κ3) is 6.86. The van der Waals surface area contributed by atoms with E-state index < -0.39 is 12.1 Å². The molecule has 1 saturated heterocycles. The SMILES string of the molecule is O=C(Nc1ccc(Cl)cc1)N[C@H](C(=O)NCC1CCN(c2ccncc2)CC1)c1ccc(O)cc1. The van der Waals surface area contributed by atoms with Crippen LogP contribution in [-0.4, -0.2) is 41.7 Å². The van der Waals surface area contributed by atoms with Gasteiger partial charge in [-0.05, 0) is 72.9 Å². The summed E-state index contributed by atoms with van der Waals surface area (Å²) >= 11 is 5.90. The lowest BCUT2D eigenvalue weighted by atomic mass is 9.96. The van der Waals surface area contributed by atoms with Gasteiger partial charge in [0.1, 0.15) is 11.8 Å². The molecule has 0 saturated carbocycles. The summed E-state index contributed by atoms with van der Waals surface area (Å²) in [6.07, 6.45) is 5.50. The molecule has 182 valence electrons. The number of phenolic OH excluding ortho intramolecular Hbond substituents is 1. The van der Waals surface area contributed by atoms with Gasteiger partial charge in [-0.2, -0.15) is 0 Å². The smallest absolute Gasteiger partial charge is 0.320 e. The van der Waals surface area contributed by atoms with Gasteiger partial charge in [0.25, 0.3) is 0 Å². The van der Waals surface area contributed by atoms with Gasteiger partial charge in [-0.25, -0.2) is 4.79 Å². The van der Waals surface area contributed by atoms with Crippen molar-refractivity contribution in [2.24, 2.45) is 5.92 Å². The molecule has 0 radical (unpaired) electrons. The number of carbonyl (C=O) groups is 2. The Labute approximate surface area is 209 Å². The van der Waals surface area contributed by atoms with Crippen LogP contribution < -0.4 is 20.9 Å². The van der Waals surface area contributed by atoms with Crippen LogP contribution in [0.5, 0.6) is 5.75 Å². The first kappa shape index (κ1) is 24.3. The van der Waals surface area contributed by atoms with Crippen LogP contribution in [0.1, 0.15) is 24.4 Å². The molecule has 1 aromatic heterocycles. The van der Waals surface area contributed by atoms with E-state index in [1.54, 1.807) is 48.8 Å². The highest BCUT2D eigenvalue weighted by molar-refractivity contribution is 6.30. The molecule has 1 aliphatic heterocycles. The molecule has 0 spiro atoms. The number of hydrogen-bond acceptors (Lipinski definition) is 5. The van der Waals surface area contributed by atoms with Gasteiger partial charge in [0.05, 0.1) is 0 Å². The highest BCUT2D eigenvalue weighted by Gasteiger charge is 2.25. The van der Waals surface area contributed by atoms with E-state index in [-0.39, 0.29) is 11.7 Å². The Kier molecular flexibility index (Phi) is 8.05. The number of amides is 3. The number of benzene rings is 2. The number of nitrogens with one attached hydrogen (secondary N) is 3. The summed E-state index contributed by atoms with van der Waals surface area (Å²) in [4.78, 5) is 32.2. The van der Waals surface area contributed by atoms with Gasteiger partial charge in [-0.15, -0.1) is 0 Å². The van der Waals surface area contributed by atoms with Gasteiger partial charge < -0.3 is 26.0 Å². The number of phenols is 1. The highest BCUT2D eigenvalue weighted by atomic mass is 35.5. The van der Waals surface area contributed by atoms with Gasteiger partial charge in [-0.3, -0.25) is 9.78 Å². The largest absolute Gasteiger partial charge is 0.508 e. The predicted octanol–water partition coefficient (Wildman–Crippen LogP) is 4.34. The number of aromatic nitrogens is 1. The number of hydrogen-bond donors (Lipinski definition) is 4. The first-order valence-electron chi connectivity index (χ1n) is 11.5. The Bertz CT molecular complexity index is 1120. The molecule has 4 N–H and O–H groups in total. The molecule has 0 unspecified atom stereocenters. The predicted molar refractivity (Wildman–Crippen MR) is 137 cm³/mol. The van der Waals surface area contributed by atoms with Crippen LogP contribution in [-0.2, 0) is 4.79 Å². The molecule has 1 aliphatic rings. The zero-order chi connectivity index (χ0) is 24.6. The molecule has 3 aromatic rings. The maximum absolute atomic E-state index is 13.1. The maximum atomic E-state index is 13.1. The number of carbonyl (C=O) groups excluding carboxylic acids is 2. The van der Waals surface area contributed by atoms with Crippen molar-refractivity contribution in [3.05, 3.63) is 83.6 Å². The average molecular weight is 494 g/mol. The van der Waals surface area contributed by atoms with Gasteiger partial charge in [-0.1, -0.05) is 23.7 Å². The number of anilines is 2. The van der Waals surface area contributed by atoms with Crippen molar-refractivity contribution in [3.63, 3.8) is 0 Å². The number of piperidine rings is 1. The quantitative estimate of drug-likeness (QED) is 0.392. The van der Waals surface area contributed by atoms with Crippen LogP contribution in [0.25, 0.3) is 0 Å². The van der Waals surface area contributed by atoms with E-state index in [0.29, 0.717) is 28.7 Å². The number of halogens is 1. The second-order valence-electron chi connectivity index (χ2n) is 8.51. The molecule has 35 heavy (non-hydrogen) atoms. The molecule has 3 amide bonds. The molecule has 0 aliphatic carbocycles. The molecule has 9 heteroatoms. The minimum Gasteiger partial charge on any atom is -0.508 e. The lowest BCUT2D eigenvalue weighted by Gasteiger charge is -2.33. The maximum Gasteiger partial charge on any atom is 0.320 e. The fourth-order valence-electron chi connectivity index (χ4n) is 4.10. The summed E-state index contributed by atoms with van der Waals surface area (Å²) in [6, 6.07) is 15.5. The Balaban J connectivity index is 1.35. The van der Waals surface area contributed by atoms with Gasteiger partial charge >= 0.3 is 6.03 Å². The van der Waals surface area contributed by atoms with Gasteiger partial charge in [0.2, 0.25) is 5.91 Å². The van der Waals surface area contributed by atoms with E-state index >= 15 is 0 Å². The van der Waals surface area contributed by atoms with Crippen LogP contribution in [0.3, 0.4) is 0 Å². The van der Waals surface area contributed by atoms with Crippen LogP contribution in [0.15, 0.2) is 73.1 Å². The summed E-state index contributed by atoms with van der Waals surface area (Å²) in [5.41, 5.74) is 2.28. The minimum atomic E-state index is -0.917. The van der Waals surface area contributed by atoms with Crippen molar-refractivity contribution in [1.29, 1.82) is 0 Å². The summed E-state index contributed by atoms with van der Waals surface area (Å²) in [6.45, 7) is 2.35. The summed E-state index contributed by atoms with van der Waals surface area (Å²) in [5.74, 6) is 0.124. The first-order valence-corrected chi connectivity index (χ1v) is 11.9. The average Bonchev–Trinajstić information content (AvgIpc) is 2.89. The molecule has 0 bridgehead atoms. The Morgan fingerprint density at radius 3 is 2.31 bits per heavy atom. The number of nitrogens with zero attached hydrogens (tertiary/aromatic N) is 2. The number of pyridine rings is 1. The molecule has 4 rings (SSSR count). The molecule has 1 fully saturated rings. The molecule has 2 heterocycles. The number of aromatic hydroxyl groups is 1. The fraction of sp³-hybridized carbons (Fsp3) is 0.269. The number of urea groups is 1. The lowest BCUT2D eigenvalue weighted by Crippen LogP contribution is -2.44. The summed E-state index contributed by atoms with van der Waals surface area (Å²) in [7, 11) is 0. The van der Waals surface area contributed by atoms with E-state index in [9.17, 15) is 14.7 Å². The van der Waals surface area contributed by atoms with E-state index in [1.807, 2.05) is 12.1 Å². The van der Waals surface area contributed by atoms with E-state index in [2.05, 4.69) is 25.8 Å². The van der Waals surface area contributed by atoms with Crippen molar-refractivity contribution in [3.8, 4) is 5.75 Å². The van der Waals surface area contributed by atoms with E-state index in [0.717, 1.165) is 31.6 Å². The minimum absolute atomic E-state index is 0.0829. The van der Waals surface area contributed by atoms with Crippen molar-refractivity contribution in [1.82, 2.24) is 15.6 Å². The van der Waals surface area contributed by atoms with Crippen LogP contribution in [0.2, 0.25) is 5.02 Å². The topological polar surface area (TPSA) is 107 Å². The van der Waals surface area contributed by atoms with E-state index in [4.69, 9.17) is 11.6 Å². The molecule has 1 atom stereocenters. The number of rotatable bonds is 7. The molecular weight excluding hydrogens is 466 g/mol. The van der Waals surface area contributed by atoms with Crippen molar-refractivity contribution >= 4 is 34.9 Å². The third-order valence-corrected chi connectivity index (χ3v) is 6.33. The summed E-state index contributed by atoms with van der Waals surface area (Å²) < 4.78 is 0. The molecule has 2 aromatic carbocycles. The molecule has 8 nitrogen and oxygen atoms in total. The van der Waals surface area contributed by atoms with Crippen LogP contribution >= 0.6 is 11.6 Å². The Morgan fingerprint density at radius 1 is 1.00 bits per heavy atom. The summed E-state index contributed by atoms with van der Waals surface area (Å²) in [5, 5.41) is 18.7. The fourth-order valence-corrected chi connectivity index (χ4v) is 4.22. The zero-order valence-corrected chi connectivity index (χ0v) is 19.9. The standard InChI is InChI=1S/C26H28ClN5O3/c27-20-3-5-21(6-4-20)30-26(35)31-24(19-1-7-23(33)8-2-19)25(34)29-17-18-11-15-32(16-12-18)22-9-13-28-14-10-22/h1-10,13-14,18,24,33H,11-12,15-17H2,(H,29,34)(H2,30,31,35)/t24-/m0/s1. The zero-order valence-electron chi connectivity index (χ0n) is 19.2. The van der Waals surface area contributed by atoms with Crippen LogP contribution in [0, 0.1) is 5.92 Å². The normalized spacial score (nSPS) is 14.7. The van der Waals surface area contributed by atoms with Crippen molar-refractivity contribution in [2.45, 2.75) is 18.9 Å². The second-order valence-corrected chi connectivity index (χ2v) is 8.95. The third-order valence-electron chi connectivity index (χ3n) is 6.07. The Hall–Kier alpha value is -3.78. The van der Waals surface area contributed by atoms with Crippen LogP contribution in [0.4, 0.5) is 16.2 Å². The van der Waals surface area contributed by atoms with E-state index in [1.165, 1.54) is 12.1 Å². The Morgan fingerprint density at radius 2 is 1.66 bits per heavy atom. The monoisotopic (exact) mass is 493 g/mol. The lowest BCUT2D eigenvalue weighted by molar-refractivity contribution is -0.123. The van der Waals surface area contributed by atoms with Crippen molar-refractivity contribution < 1.29 is 14.7 Å². The molecular formula is C26H28ClN5O3. The first-order chi connectivity index (χ1) is 17.0. The second kappa shape index (κ2) is 11.6. The highest BCUT2D eigenvalue weighted by Crippen LogP contribution is 2.23.